The maximum Gasteiger partial charge on any atom is 0.220 e. The van der Waals surface area contributed by atoms with E-state index in [9.17, 15) is 9.59 Å². The average Bonchev–Trinajstić information content (AvgIpc) is 3.05. The molecule has 2 aromatic rings. The highest BCUT2D eigenvalue weighted by molar-refractivity contribution is 7.12. The van der Waals surface area contributed by atoms with Crippen LogP contribution in [0.15, 0.2) is 35.8 Å². The number of Topliss-reactive ketones (excluding diaryl/α,β-unsaturated/α-hetero) is 1. The number of nitrogens with one attached hydrogen (secondary N) is 1. The van der Waals surface area contributed by atoms with E-state index in [2.05, 4.69) is 24.1 Å². The first-order chi connectivity index (χ1) is 11.0. The highest BCUT2D eigenvalue weighted by Gasteiger charge is 2.21. The minimum Gasteiger partial charge on any atom is -0.347 e. The molecule has 5 heteroatoms. The topological polar surface area (TPSA) is 59.1 Å². The fourth-order valence-corrected chi connectivity index (χ4v) is 3.10. The summed E-state index contributed by atoms with van der Waals surface area (Å²) in [5.74, 6) is 0.129. The molecule has 1 atom stereocenters. The Morgan fingerprint density at radius 1 is 1.22 bits per heavy atom. The van der Waals surface area contributed by atoms with Gasteiger partial charge in [0, 0.05) is 19.0 Å². The summed E-state index contributed by atoms with van der Waals surface area (Å²) in [4.78, 5) is 29.3. The molecule has 0 fully saturated rings. The lowest BCUT2D eigenvalue weighted by Crippen LogP contribution is -2.33. The van der Waals surface area contributed by atoms with Crippen LogP contribution in [0.2, 0.25) is 0 Å². The number of pyridine rings is 1. The van der Waals surface area contributed by atoms with Gasteiger partial charge in [0.05, 0.1) is 16.6 Å². The second-order valence-electron chi connectivity index (χ2n) is 5.90. The third kappa shape index (κ3) is 4.73. The van der Waals surface area contributed by atoms with Gasteiger partial charge in [-0.15, -0.1) is 11.3 Å². The molecule has 0 bridgehead atoms. The maximum atomic E-state index is 12.2. The van der Waals surface area contributed by atoms with Crippen LogP contribution in [-0.2, 0) is 4.79 Å². The number of thiophene rings is 1. The van der Waals surface area contributed by atoms with Crippen molar-refractivity contribution in [3.05, 3.63) is 52.0 Å². The summed E-state index contributed by atoms with van der Waals surface area (Å²) in [5.41, 5.74) is 1.95. The van der Waals surface area contributed by atoms with Gasteiger partial charge in [-0.25, -0.2) is 0 Å². The van der Waals surface area contributed by atoms with Crippen LogP contribution in [0.5, 0.6) is 0 Å². The molecule has 0 aliphatic rings. The molecule has 0 spiro atoms. The van der Waals surface area contributed by atoms with Gasteiger partial charge in [-0.1, -0.05) is 26.0 Å². The number of hydrogen-bond donors (Lipinski definition) is 1. The Bertz CT molecular complexity index is 665. The smallest absolute Gasteiger partial charge is 0.220 e. The molecule has 0 aromatic carbocycles. The molecule has 23 heavy (non-hydrogen) atoms. The summed E-state index contributed by atoms with van der Waals surface area (Å²) < 4.78 is 0. The van der Waals surface area contributed by atoms with Crippen molar-refractivity contribution in [2.75, 3.05) is 0 Å². The van der Waals surface area contributed by atoms with Crippen LogP contribution in [-0.4, -0.2) is 16.7 Å². The van der Waals surface area contributed by atoms with Crippen molar-refractivity contribution in [1.29, 1.82) is 0 Å². The first kappa shape index (κ1) is 17.3. The normalized spacial score (nSPS) is 12.2. The Hall–Kier alpha value is -2.01. The van der Waals surface area contributed by atoms with Crippen molar-refractivity contribution in [2.24, 2.45) is 5.92 Å². The predicted molar refractivity (Wildman–Crippen MR) is 92.6 cm³/mol. The fourth-order valence-electron chi connectivity index (χ4n) is 2.41. The number of rotatable bonds is 7. The molecule has 0 aliphatic heterocycles. The number of hydrogen-bond acceptors (Lipinski definition) is 4. The van der Waals surface area contributed by atoms with Crippen LogP contribution in [0, 0.1) is 12.8 Å². The van der Waals surface area contributed by atoms with Crippen molar-refractivity contribution in [1.82, 2.24) is 10.3 Å². The van der Waals surface area contributed by atoms with Crippen LogP contribution in [0.25, 0.3) is 0 Å². The fraction of sp³-hybridized carbons (Fsp3) is 0.389. The number of amides is 1. The van der Waals surface area contributed by atoms with Gasteiger partial charge in [0.1, 0.15) is 0 Å². The molecule has 1 N–H and O–H groups in total. The lowest BCUT2D eigenvalue weighted by Gasteiger charge is -2.23. The van der Waals surface area contributed by atoms with Gasteiger partial charge in [0.25, 0.3) is 0 Å². The van der Waals surface area contributed by atoms with E-state index in [1.54, 1.807) is 12.3 Å². The SMILES string of the molecule is Cc1cccnc1[C@@H](NC(=O)CCC(=O)c1cccs1)C(C)C. The summed E-state index contributed by atoms with van der Waals surface area (Å²) in [7, 11) is 0. The number of ketones is 1. The number of nitrogens with zero attached hydrogens (tertiary/aromatic N) is 1. The van der Waals surface area contributed by atoms with E-state index in [4.69, 9.17) is 0 Å². The first-order valence-corrected chi connectivity index (χ1v) is 8.64. The molecular weight excluding hydrogens is 308 g/mol. The number of carbonyl (C=O) groups is 2. The van der Waals surface area contributed by atoms with Crippen LogP contribution in [0.3, 0.4) is 0 Å². The van der Waals surface area contributed by atoms with Crippen molar-refractivity contribution < 1.29 is 9.59 Å². The van der Waals surface area contributed by atoms with Crippen molar-refractivity contribution in [3.63, 3.8) is 0 Å². The molecule has 0 saturated heterocycles. The van der Waals surface area contributed by atoms with Gasteiger partial charge in [0.15, 0.2) is 5.78 Å². The third-order valence-electron chi connectivity index (χ3n) is 3.70. The minimum absolute atomic E-state index is 0.0188. The Morgan fingerprint density at radius 2 is 2.00 bits per heavy atom. The summed E-state index contributed by atoms with van der Waals surface area (Å²) in [6.07, 6.45) is 2.17. The molecule has 0 radical (unpaired) electrons. The Balaban J connectivity index is 1.96. The van der Waals surface area contributed by atoms with Crippen molar-refractivity contribution in [3.8, 4) is 0 Å². The first-order valence-electron chi connectivity index (χ1n) is 7.76. The average molecular weight is 330 g/mol. The van der Waals surface area contributed by atoms with Crippen molar-refractivity contribution >= 4 is 23.0 Å². The quantitative estimate of drug-likeness (QED) is 0.783. The lowest BCUT2D eigenvalue weighted by atomic mass is 9.97. The van der Waals surface area contributed by atoms with E-state index in [0.29, 0.717) is 4.88 Å². The highest BCUT2D eigenvalue weighted by atomic mass is 32.1. The van der Waals surface area contributed by atoms with Gasteiger partial charge in [-0.3, -0.25) is 14.6 Å². The van der Waals surface area contributed by atoms with Gasteiger partial charge in [-0.05, 0) is 35.9 Å². The van der Waals surface area contributed by atoms with Crippen LogP contribution in [0.4, 0.5) is 0 Å². The predicted octanol–water partition coefficient (Wildman–Crippen LogP) is 3.93. The van der Waals surface area contributed by atoms with Crippen LogP contribution in [0.1, 0.15) is 53.7 Å². The number of aromatic nitrogens is 1. The van der Waals surface area contributed by atoms with E-state index in [1.165, 1.54) is 11.3 Å². The molecule has 4 nitrogen and oxygen atoms in total. The van der Waals surface area contributed by atoms with E-state index in [0.717, 1.165) is 11.3 Å². The monoisotopic (exact) mass is 330 g/mol. The van der Waals surface area contributed by atoms with Crippen LogP contribution >= 0.6 is 11.3 Å². The Morgan fingerprint density at radius 3 is 2.61 bits per heavy atom. The van der Waals surface area contributed by atoms with Crippen molar-refractivity contribution in [2.45, 2.75) is 39.7 Å². The number of carbonyl (C=O) groups excluding carboxylic acids is 2. The summed E-state index contributed by atoms with van der Waals surface area (Å²) >= 11 is 1.41. The second kappa shape index (κ2) is 8.02. The highest BCUT2D eigenvalue weighted by Crippen LogP contribution is 2.23. The van der Waals surface area contributed by atoms with Gasteiger partial charge >= 0.3 is 0 Å². The molecular formula is C18H22N2O2S. The van der Waals surface area contributed by atoms with Gasteiger partial charge < -0.3 is 5.32 Å². The van der Waals surface area contributed by atoms with Gasteiger partial charge in [0.2, 0.25) is 5.91 Å². The Kier molecular flexibility index (Phi) is 6.04. The minimum atomic E-state index is -0.138. The van der Waals surface area contributed by atoms with E-state index >= 15 is 0 Å². The zero-order valence-corrected chi connectivity index (χ0v) is 14.5. The largest absolute Gasteiger partial charge is 0.347 e. The standard InChI is InChI=1S/C18H22N2O2S/c1-12(2)17(18-13(3)6-4-10-19-18)20-16(22)9-8-14(21)15-7-5-11-23-15/h4-7,10-12,17H,8-9H2,1-3H3,(H,20,22)/t17-/m0/s1. The second-order valence-corrected chi connectivity index (χ2v) is 6.84. The van der Waals surface area contributed by atoms with E-state index < -0.39 is 0 Å². The van der Waals surface area contributed by atoms with E-state index in [-0.39, 0.29) is 36.5 Å². The molecule has 1 amide bonds. The molecule has 2 rings (SSSR count). The zero-order valence-electron chi connectivity index (χ0n) is 13.7. The maximum absolute atomic E-state index is 12.2. The third-order valence-corrected chi connectivity index (χ3v) is 4.61. The van der Waals surface area contributed by atoms with Gasteiger partial charge in [-0.2, -0.15) is 0 Å². The molecule has 2 aromatic heterocycles. The number of aryl methyl sites for hydroxylation is 1. The molecule has 2 heterocycles. The molecule has 0 saturated carbocycles. The van der Waals surface area contributed by atoms with E-state index in [1.807, 2.05) is 30.5 Å². The Labute approximate surface area is 141 Å². The molecule has 0 unspecified atom stereocenters. The zero-order chi connectivity index (χ0) is 16.8. The van der Waals surface area contributed by atoms with Crippen LogP contribution < -0.4 is 5.32 Å². The summed E-state index contributed by atoms with van der Waals surface area (Å²) in [6, 6.07) is 7.37. The lowest BCUT2D eigenvalue weighted by molar-refractivity contribution is -0.122. The summed E-state index contributed by atoms with van der Waals surface area (Å²) in [6.45, 7) is 6.09. The summed E-state index contributed by atoms with van der Waals surface area (Å²) in [5, 5.41) is 4.89. The molecule has 122 valence electrons. The molecule has 0 aliphatic carbocycles.